The van der Waals surface area contributed by atoms with E-state index in [0.29, 0.717) is 5.70 Å². The third-order valence-electron chi connectivity index (χ3n) is 2.05. The van der Waals surface area contributed by atoms with E-state index in [4.69, 9.17) is 5.84 Å². The molecule has 0 aromatic rings. The van der Waals surface area contributed by atoms with Gasteiger partial charge in [-0.3, -0.25) is 9.80 Å². The van der Waals surface area contributed by atoms with Crippen molar-refractivity contribution in [3.8, 4) is 0 Å². The molecule has 0 bridgehead atoms. The number of allylic oxidation sites excluding steroid dienone is 4. The van der Waals surface area contributed by atoms with Gasteiger partial charge in [0.15, 0.2) is 7.28 Å². The van der Waals surface area contributed by atoms with Crippen LogP contribution in [-0.2, 0) is 4.79 Å². The lowest BCUT2D eigenvalue weighted by Crippen LogP contribution is -2.29. The second kappa shape index (κ2) is 5.37. The van der Waals surface area contributed by atoms with E-state index in [2.05, 4.69) is 11.9 Å². The fraction of sp³-hybridized carbons (Fsp3) is 0.182. The molecule has 0 unspecified atom stereocenters. The van der Waals surface area contributed by atoms with E-state index in [0.717, 1.165) is 11.2 Å². The Balaban J connectivity index is 2.88. The maximum absolute atomic E-state index is 10.8. The third kappa shape index (κ3) is 3.13. The predicted molar refractivity (Wildman–Crippen MR) is 65.9 cm³/mol. The molecule has 1 radical (unpaired) electrons. The van der Waals surface area contributed by atoms with Crippen LogP contribution in [-0.4, -0.2) is 18.2 Å². The highest BCUT2D eigenvalue weighted by atomic mass is 16.1. The first-order valence-electron chi connectivity index (χ1n) is 4.95. The molecule has 1 aliphatic rings. The molecular formula is C11H15BN3O. The van der Waals surface area contributed by atoms with Gasteiger partial charge in [-0.2, -0.15) is 0 Å². The fourth-order valence-electron chi connectivity index (χ4n) is 1.38. The van der Waals surface area contributed by atoms with Crippen LogP contribution in [0.25, 0.3) is 0 Å². The number of hydrogen-bond donors (Lipinski definition) is 2. The van der Waals surface area contributed by atoms with Crippen LogP contribution in [0.2, 0.25) is 6.82 Å². The maximum Gasteiger partial charge on any atom is 0.221 e. The number of rotatable bonds is 3. The first kappa shape index (κ1) is 12.3. The van der Waals surface area contributed by atoms with Gasteiger partial charge in [0.25, 0.3) is 0 Å². The Morgan fingerprint density at radius 3 is 2.94 bits per heavy atom. The van der Waals surface area contributed by atoms with Gasteiger partial charge in [0, 0.05) is 18.8 Å². The van der Waals surface area contributed by atoms with Crippen molar-refractivity contribution in [2.24, 2.45) is 5.84 Å². The third-order valence-corrected chi connectivity index (χ3v) is 2.05. The Hall–Kier alpha value is -1.75. The molecule has 1 rings (SSSR count). The highest BCUT2D eigenvalue weighted by Gasteiger charge is 2.11. The molecule has 0 saturated carbocycles. The molecule has 1 amide bonds. The van der Waals surface area contributed by atoms with Crippen LogP contribution in [0, 0.1) is 0 Å². The highest BCUT2D eigenvalue weighted by Crippen LogP contribution is 2.17. The zero-order valence-corrected chi connectivity index (χ0v) is 9.53. The van der Waals surface area contributed by atoms with Crippen LogP contribution >= 0.6 is 0 Å². The van der Waals surface area contributed by atoms with Crippen LogP contribution in [0.3, 0.4) is 0 Å². The largest absolute Gasteiger partial charge is 0.327 e. The van der Waals surface area contributed by atoms with Crippen molar-refractivity contribution in [2.75, 3.05) is 0 Å². The molecule has 1 heterocycles. The van der Waals surface area contributed by atoms with Gasteiger partial charge < -0.3 is 5.32 Å². The van der Waals surface area contributed by atoms with E-state index >= 15 is 0 Å². The molecule has 4 nitrogen and oxygen atoms in total. The lowest BCUT2D eigenvalue weighted by atomic mass is 9.69. The van der Waals surface area contributed by atoms with Crippen molar-refractivity contribution < 1.29 is 4.79 Å². The van der Waals surface area contributed by atoms with Gasteiger partial charge in [-0.05, 0) is 12.2 Å². The normalized spacial score (nSPS) is 17.1. The van der Waals surface area contributed by atoms with E-state index in [9.17, 15) is 4.79 Å². The van der Waals surface area contributed by atoms with Crippen LogP contribution in [0.1, 0.15) is 6.92 Å². The molecule has 0 aliphatic carbocycles. The first-order valence-corrected chi connectivity index (χ1v) is 4.95. The number of carbonyl (C=O) groups is 1. The second-order valence-corrected chi connectivity index (χ2v) is 3.40. The Bertz CT molecular complexity index is 396. The molecule has 0 spiro atoms. The molecule has 0 atom stereocenters. The topological polar surface area (TPSA) is 58.4 Å². The summed E-state index contributed by atoms with van der Waals surface area (Å²) in [5, 5.41) is 4.09. The summed E-state index contributed by atoms with van der Waals surface area (Å²) in [5.74, 6) is 5.64. The fourth-order valence-corrected chi connectivity index (χ4v) is 1.38. The Morgan fingerprint density at radius 1 is 1.69 bits per heavy atom. The summed E-state index contributed by atoms with van der Waals surface area (Å²) >= 11 is 0. The molecular weight excluding hydrogens is 201 g/mol. The van der Waals surface area contributed by atoms with E-state index < -0.39 is 0 Å². The van der Waals surface area contributed by atoms with Crippen LogP contribution in [0.4, 0.5) is 0 Å². The molecule has 1 aliphatic heterocycles. The standard InChI is InChI=1S/C11H15BN3O/c1-8(14-9(2)16)7-11-10(12-3)5-4-6-15(11)13/h4-7H,1,13H2,2-3H3,(H,14,16)/b11-7-. The lowest BCUT2D eigenvalue weighted by Gasteiger charge is -2.23. The number of hydrazine groups is 1. The van der Waals surface area contributed by atoms with Gasteiger partial charge in [-0.1, -0.05) is 25.0 Å². The van der Waals surface area contributed by atoms with Crippen molar-refractivity contribution in [1.82, 2.24) is 10.3 Å². The van der Waals surface area contributed by atoms with Gasteiger partial charge in [0.05, 0.1) is 5.70 Å². The molecule has 83 valence electrons. The summed E-state index contributed by atoms with van der Waals surface area (Å²) in [5.41, 5.74) is 2.29. The van der Waals surface area contributed by atoms with Gasteiger partial charge in [0.1, 0.15) is 0 Å². The van der Waals surface area contributed by atoms with Crippen molar-refractivity contribution >= 4 is 13.2 Å². The number of amides is 1. The van der Waals surface area contributed by atoms with Gasteiger partial charge in [0.2, 0.25) is 5.91 Å². The van der Waals surface area contributed by atoms with Crippen LogP contribution in [0.5, 0.6) is 0 Å². The summed E-state index contributed by atoms with van der Waals surface area (Å²) < 4.78 is 0. The van der Waals surface area contributed by atoms with E-state index in [-0.39, 0.29) is 5.91 Å². The monoisotopic (exact) mass is 216 g/mol. The minimum absolute atomic E-state index is 0.150. The Morgan fingerprint density at radius 2 is 2.38 bits per heavy atom. The summed E-state index contributed by atoms with van der Waals surface area (Å²) in [7, 11) is 1.94. The summed E-state index contributed by atoms with van der Waals surface area (Å²) in [6, 6.07) is 0. The predicted octanol–water partition coefficient (Wildman–Crippen LogP) is 0.859. The molecule has 5 heteroatoms. The number of nitrogens with zero attached hydrogens (tertiary/aromatic N) is 1. The van der Waals surface area contributed by atoms with Crippen LogP contribution in [0.15, 0.2) is 47.9 Å². The van der Waals surface area contributed by atoms with Crippen molar-refractivity contribution in [3.63, 3.8) is 0 Å². The van der Waals surface area contributed by atoms with Crippen molar-refractivity contribution in [2.45, 2.75) is 13.7 Å². The molecule has 0 aromatic heterocycles. The smallest absolute Gasteiger partial charge is 0.221 e. The molecule has 0 fully saturated rings. The van der Waals surface area contributed by atoms with Crippen molar-refractivity contribution in [3.05, 3.63) is 47.9 Å². The number of carbonyl (C=O) groups excluding carboxylic acids is 1. The van der Waals surface area contributed by atoms with Crippen molar-refractivity contribution in [1.29, 1.82) is 0 Å². The number of nitrogens with one attached hydrogen (secondary N) is 1. The second-order valence-electron chi connectivity index (χ2n) is 3.40. The minimum Gasteiger partial charge on any atom is -0.327 e. The van der Waals surface area contributed by atoms with Gasteiger partial charge in [-0.15, -0.1) is 0 Å². The molecule has 0 saturated heterocycles. The SMILES string of the molecule is C=C(/C=C1/C([B]C)=CC=CN1N)NC(C)=O. The van der Waals surface area contributed by atoms with E-state index in [1.807, 2.05) is 26.3 Å². The highest BCUT2D eigenvalue weighted by molar-refractivity contribution is 6.45. The quantitative estimate of drug-likeness (QED) is 0.543. The lowest BCUT2D eigenvalue weighted by molar-refractivity contribution is -0.118. The number of nitrogens with two attached hydrogens (primary N) is 1. The molecule has 0 aromatic carbocycles. The minimum atomic E-state index is -0.150. The molecule has 16 heavy (non-hydrogen) atoms. The maximum atomic E-state index is 10.8. The summed E-state index contributed by atoms with van der Waals surface area (Å²) in [6.07, 6.45) is 7.26. The average molecular weight is 216 g/mol. The number of hydrogen-bond acceptors (Lipinski definition) is 3. The average Bonchev–Trinajstić information content (AvgIpc) is 2.20. The first-order chi connectivity index (χ1) is 7.54. The van der Waals surface area contributed by atoms with Crippen LogP contribution < -0.4 is 11.2 Å². The van der Waals surface area contributed by atoms with Gasteiger partial charge >= 0.3 is 0 Å². The summed E-state index contributed by atoms with van der Waals surface area (Å²) in [4.78, 5) is 10.8. The molecule has 3 N–H and O–H groups in total. The summed E-state index contributed by atoms with van der Waals surface area (Å²) in [6.45, 7) is 7.10. The van der Waals surface area contributed by atoms with E-state index in [1.54, 1.807) is 12.3 Å². The Kier molecular flexibility index (Phi) is 4.14. The van der Waals surface area contributed by atoms with Gasteiger partial charge in [-0.25, -0.2) is 5.84 Å². The zero-order valence-electron chi connectivity index (χ0n) is 9.53. The zero-order chi connectivity index (χ0) is 12.1. The van der Waals surface area contributed by atoms with E-state index in [1.165, 1.54) is 11.9 Å². The Labute approximate surface area is 96.4 Å².